The van der Waals surface area contributed by atoms with Crippen LogP contribution in [-0.4, -0.2) is 26.0 Å². The number of benzene rings is 1. The maximum atomic E-state index is 12.3. The zero-order chi connectivity index (χ0) is 15.0. The summed E-state index contributed by atoms with van der Waals surface area (Å²) in [5.74, 6) is -1.12. The summed E-state index contributed by atoms with van der Waals surface area (Å²) in [5.41, 5.74) is 0.319. The minimum absolute atomic E-state index is 0.0164. The number of carbonyl (C=O) groups is 1. The van der Waals surface area contributed by atoms with Crippen LogP contribution in [-0.2, 0) is 10.0 Å². The second-order valence-electron chi connectivity index (χ2n) is 5.72. The van der Waals surface area contributed by atoms with Crippen molar-refractivity contribution >= 4 is 16.0 Å². The number of nitrogens with one attached hydrogen (secondary N) is 1. The smallest absolute Gasteiger partial charge is 0.335 e. The Labute approximate surface area is 119 Å². The maximum Gasteiger partial charge on any atom is 0.335 e. The van der Waals surface area contributed by atoms with Gasteiger partial charge in [0.25, 0.3) is 0 Å². The summed E-state index contributed by atoms with van der Waals surface area (Å²) in [6.45, 7) is 3.97. The molecule has 1 fully saturated rings. The van der Waals surface area contributed by atoms with Gasteiger partial charge in [-0.15, -0.1) is 0 Å². The average Bonchev–Trinajstić information content (AvgIpc) is 2.34. The fourth-order valence-electron chi connectivity index (χ4n) is 2.44. The Morgan fingerprint density at radius 1 is 1.40 bits per heavy atom. The minimum atomic E-state index is -3.67. The molecule has 0 aliphatic heterocycles. The van der Waals surface area contributed by atoms with E-state index in [0.717, 1.165) is 19.3 Å². The van der Waals surface area contributed by atoms with E-state index in [4.69, 9.17) is 5.11 Å². The molecule has 0 radical (unpaired) electrons. The number of carboxylic acid groups (broad SMARTS) is 1. The normalized spacial score (nSPS) is 17.5. The number of rotatable bonds is 5. The number of sulfonamides is 1. The molecule has 6 heteroatoms. The number of carboxylic acids is 1. The van der Waals surface area contributed by atoms with Crippen LogP contribution in [0.25, 0.3) is 0 Å². The first-order valence-electron chi connectivity index (χ1n) is 6.58. The fourth-order valence-corrected chi connectivity index (χ4v) is 3.91. The standard InChI is InChI=1S/C14H19NO4S/c1-10-11(13(16)17)5-3-6-12(10)20(18,19)15-9-14(2)7-4-8-14/h3,5-6,15H,4,7-9H2,1-2H3,(H,16,17). The molecular formula is C14H19NO4S. The van der Waals surface area contributed by atoms with Crippen molar-refractivity contribution in [1.29, 1.82) is 0 Å². The summed E-state index contributed by atoms with van der Waals surface area (Å²) in [5, 5.41) is 9.05. The quantitative estimate of drug-likeness (QED) is 0.872. The van der Waals surface area contributed by atoms with Crippen molar-refractivity contribution in [2.45, 2.75) is 38.0 Å². The van der Waals surface area contributed by atoms with Gasteiger partial charge in [0.1, 0.15) is 0 Å². The van der Waals surface area contributed by atoms with Crippen molar-refractivity contribution in [2.24, 2.45) is 5.41 Å². The molecule has 0 amide bonds. The number of hydrogen-bond acceptors (Lipinski definition) is 3. The highest BCUT2D eigenvalue weighted by molar-refractivity contribution is 7.89. The average molecular weight is 297 g/mol. The zero-order valence-corrected chi connectivity index (χ0v) is 12.5. The first kappa shape index (κ1) is 15.0. The second-order valence-corrected chi connectivity index (χ2v) is 7.46. The molecule has 110 valence electrons. The number of aromatic carboxylic acids is 1. The lowest BCUT2D eigenvalue weighted by atomic mass is 9.71. The molecule has 0 heterocycles. The predicted octanol–water partition coefficient (Wildman–Crippen LogP) is 2.16. The molecular weight excluding hydrogens is 278 g/mol. The lowest BCUT2D eigenvalue weighted by Crippen LogP contribution is -2.40. The van der Waals surface area contributed by atoms with E-state index in [-0.39, 0.29) is 21.4 Å². The van der Waals surface area contributed by atoms with Gasteiger partial charge in [-0.25, -0.2) is 17.9 Å². The molecule has 2 N–H and O–H groups in total. The molecule has 0 unspecified atom stereocenters. The third-order valence-electron chi connectivity index (χ3n) is 4.05. The third-order valence-corrected chi connectivity index (χ3v) is 5.60. The van der Waals surface area contributed by atoms with Gasteiger partial charge in [0.05, 0.1) is 10.5 Å². The number of hydrogen-bond donors (Lipinski definition) is 2. The summed E-state index contributed by atoms with van der Waals surface area (Å²) in [6.07, 6.45) is 3.17. The summed E-state index contributed by atoms with van der Waals surface area (Å²) < 4.78 is 27.2. The van der Waals surface area contributed by atoms with E-state index in [1.54, 1.807) is 0 Å². The van der Waals surface area contributed by atoms with E-state index < -0.39 is 16.0 Å². The Morgan fingerprint density at radius 2 is 2.05 bits per heavy atom. The zero-order valence-electron chi connectivity index (χ0n) is 11.6. The topological polar surface area (TPSA) is 83.5 Å². The minimum Gasteiger partial charge on any atom is -0.478 e. The second kappa shape index (κ2) is 5.18. The molecule has 0 atom stereocenters. The van der Waals surface area contributed by atoms with Crippen LogP contribution < -0.4 is 4.72 Å². The van der Waals surface area contributed by atoms with Crippen LogP contribution in [0.2, 0.25) is 0 Å². The predicted molar refractivity (Wildman–Crippen MR) is 75.3 cm³/mol. The lowest BCUT2D eigenvalue weighted by molar-refractivity contribution is 0.0696. The molecule has 20 heavy (non-hydrogen) atoms. The van der Waals surface area contributed by atoms with Crippen LogP contribution in [0.4, 0.5) is 0 Å². The lowest BCUT2D eigenvalue weighted by Gasteiger charge is -2.38. The fraction of sp³-hybridized carbons (Fsp3) is 0.500. The first-order valence-corrected chi connectivity index (χ1v) is 8.06. The van der Waals surface area contributed by atoms with E-state index >= 15 is 0 Å². The molecule has 1 aliphatic carbocycles. The van der Waals surface area contributed by atoms with Gasteiger partial charge < -0.3 is 5.11 Å². The van der Waals surface area contributed by atoms with Crippen molar-refractivity contribution < 1.29 is 18.3 Å². The maximum absolute atomic E-state index is 12.3. The first-order chi connectivity index (χ1) is 9.25. The Balaban J connectivity index is 2.25. The molecule has 1 aromatic carbocycles. The van der Waals surface area contributed by atoms with Crippen molar-refractivity contribution in [3.63, 3.8) is 0 Å². The Bertz CT molecular complexity index is 633. The van der Waals surface area contributed by atoms with Gasteiger partial charge in [-0.2, -0.15) is 0 Å². The van der Waals surface area contributed by atoms with Gasteiger partial charge in [0.2, 0.25) is 10.0 Å². The van der Waals surface area contributed by atoms with Crippen LogP contribution >= 0.6 is 0 Å². The van der Waals surface area contributed by atoms with Gasteiger partial charge in [-0.3, -0.25) is 0 Å². The molecule has 2 rings (SSSR count). The van der Waals surface area contributed by atoms with Crippen LogP contribution in [0.1, 0.15) is 42.1 Å². The largest absolute Gasteiger partial charge is 0.478 e. The van der Waals surface area contributed by atoms with Gasteiger partial charge in [-0.1, -0.05) is 19.4 Å². The van der Waals surface area contributed by atoms with Gasteiger partial charge >= 0.3 is 5.97 Å². The van der Waals surface area contributed by atoms with E-state index in [1.165, 1.54) is 25.1 Å². The monoisotopic (exact) mass is 297 g/mol. The highest BCUT2D eigenvalue weighted by Crippen LogP contribution is 2.39. The Kier molecular flexibility index (Phi) is 3.88. The Hall–Kier alpha value is -1.40. The summed E-state index contributed by atoms with van der Waals surface area (Å²) in [6, 6.07) is 4.30. The van der Waals surface area contributed by atoms with E-state index in [1.807, 2.05) is 0 Å². The Morgan fingerprint density at radius 3 is 2.55 bits per heavy atom. The molecule has 0 aromatic heterocycles. The van der Waals surface area contributed by atoms with Crippen LogP contribution in [0.15, 0.2) is 23.1 Å². The summed E-state index contributed by atoms with van der Waals surface area (Å²) in [7, 11) is -3.67. The van der Waals surface area contributed by atoms with Crippen LogP contribution in [0.3, 0.4) is 0 Å². The van der Waals surface area contributed by atoms with E-state index in [9.17, 15) is 13.2 Å². The van der Waals surface area contributed by atoms with Crippen LogP contribution in [0, 0.1) is 12.3 Å². The molecule has 0 bridgehead atoms. The van der Waals surface area contributed by atoms with Gasteiger partial charge in [-0.05, 0) is 42.9 Å². The van der Waals surface area contributed by atoms with Gasteiger partial charge in [0, 0.05) is 6.54 Å². The SMILES string of the molecule is Cc1c(C(=O)O)cccc1S(=O)(=O)NCC1(C)CCC1. The van der Waals surface area contributed by atoms with Gasteiger partial charge in [0.15, 0.2) is 0 Å². The molecule has 0 spiro atoms. The highest BCUT2D eigenvalue weighted by Gasteiger charge is 2.33. The van der Waals surface area contributed by atoms with Crippen molar-refractivity contribution in [3.05, 3.63) is 29.3 Å². The molecule has 5 nitrogen and oxygen atoms in total. The van der Waals surface area contributed by atoms with Crippen LogP contribution in [0.5, 0.6) is 0 Å². The highest BCUT2D eigenvalue weighted by atomic mass is 32.2. The van der Waals surface area contributed by atoms with Crippen molar-refractivity contribution in [3.8, 4) is 0 Å². The molecule has 1 saturated carbocycles. The summed E-state index contributed by atoms with van der Waals surface area (Å²) in [4.78, 5) is 11.1. The van der Waals surface area contributed by atoms with Crippen molar-refractivity contribution in [2.75, 3.05) is 6.54 Å². The third kappa shape index (κ3) is 2.86. The molecule has 1 aliphatic rings. The van der Waals surface area contributed by atoms with Crippen molar-refractivity contribution in [1.82, 2.24) is 4.72 Å². The molecule has 1 aromatic rings. The van der Waals surface area contributed by atoms with E-state index in [2.05, 4.69) is 11.6 Å². The summed E-state index contributed by atoms with van der Waals surface area (Å²) >= 11 is 0. The molecule has 0 saturated heterocycles. The van der Waals surface area contributed by atoms with E-state index in [0.29, 0.717) is 6.54 Å².